The minimum absolute atomic E-state index is 0.0423. The monoisotopic (exact) mass is 546 g/mol. The summed E-state index contributed by atoms with van der Waals surface area (Å²) in [5.41, 5.74) is 1.59. The topological polar surface area (TPSA) is 79.7 Å². The van der Waals surface area contributed by atoms with E-state index in [0.717, 1.165) is 5.56 Å². The molecule has 1 aliphatic heterocycles. The summed E-state index contributed by atoms with van der Waals surface area (Å²) < 4.78 is 5.82. The number of aliphatic hydroxyl groups is 1. The fraction of sp³-hybridized carbons (Fsp3) is 0.125. The Morgan fingerprint density at radius 2 is 1.94 bits per heavy atom. The summed E-state index contributed by atoms with van der Waals surface area (Å²) in [6.45, 7) is 0.117. The predicted molar refractivity (Wildman–Crippen MR) is 129 cm³/mol. The number of methoxy groups -OCH3 is 1. The van der Waals surface area contributed by atoms with Crippen LogP contribution >= 0.6 is 39.1 Å². The van der Waals surface area contributed by atoms with Crippen LogP contribution in [0.5, 0.6) is 5.75 Å². The van der Waals surface area contributed by atoms with E-state index in [1.807, 2.05) is 0 Å². The van der Waals surface area contributed by atoms with Crippen LogP contribution in [0.25, 0.3) is 5.76 Å². The first-order valence-corrected chi connectivity index (χ1v) is 11.3. The van der Waals surface area contributed by atoms with Crippen molar-refractivity contribution in [1.82, 2.24) is 9.88 Å². The van der Waals surface area contributed by atoms with Crippen LogP contribution in [0.2, 0.25) is 10.0 Å². The Morgan fingerprint density at radius 1 is 1.15 bits per heavy atom. The Labute approximate surface area is 208 Å². The zero-order valence-electron chi connectivity index (χ0n) is 17.3. The summed E-state index contributed by atoms with van der Waals surface area (Å²) in [6.07, 6.45) is 3.24. The fourth-order valence-electron chi connectivity index (χ4n) is 3.73. The Morgan fingerprint density at radius 3 is 2.58 bits per heavy atom. The maximum absolute atomic E-state index is 13.1. The van der Waals surface area contributed by atoms with Crippen LogP contribution < -0.4 is 4.74 Å². The molecule has 0 bridgehead atoms. The lowest BCUT2D eigenvalue weighted by molar-refractivity contribution is -0.140. The molecule has 33 heavy (non-hydrogen) atoms. The summed E-state index contributed by atoms with van der Waals surface area (Å²) in [5, 5.41) is 11.8. The predicted octanol–water partition coefficient (Wildman–Crippen LogP) is 5.78. The Bertz CT molecular complexity index is 1280. The molecule has 1 amide bonds. The molecule has 4 rings (SSSR count). The van der Waals surface area contributed by atoms with Crippen LogP contribution in [0.3, 0.4) is 0 Å². The van der Waals surface area contributed by atoms with E-state index in [1.165, 1.54) is 12.0 Å². The number of aromatic nitrogens is 1. The van der Waals surface area contributed by atoms with E-state index in [-0.39, 0.29) is 22.9 Å². The lowest BCUT2D eigenvalue weighted by Gasteiger charge is -2.25. The van der Waals surface area contributed by atoms with Gasteiger partial charge in [0.15, 0.2) is 0 Å². The average molecular weight is 548 g/mol. The number of rotatable bonds is 5. The summed E-state index contributed by atoms with van der Waals surface area (Å²) >= 11 is 15.7. The third-order valence-corrected chi connectivity index (χ3v) is 6.66. The molecule has 2 heterocycles. The van der Waals surface area contributed by atoms with Crippen LogP contribution in [0, 0.1) is 0 Å². The zero-order valence-corrected chi connectivity index (χ0v) is 20.4. The van der Waals surface area contributed by atoms with Gasteiger partial charge in [-0.2, -0.15) is 0 Å². The molecule has 0 saturated carbocycles. The number of carbonyl (C=O) groups excluding carboxylic acids is 2. The lowest BCUT2D eigenvalue weighted by atomic mass is 9.95. The molecule has 0 aliphatic carbocycles. The average Bonchev–Trinajstić information content (AvgIpc) is 3.06. The van der Waals surface area contributed by atoms with Crippen molar-refractivity contribution >= 4 is 56.6 Å². The molecule has 9 heteroatoms. The number of hydrogen-bond donors (Lipinski definition) is 1. The summed E-state index contributed by atoms with van der Waals surface area (Å²) in [7, 11) is 1.52. The number of halogens is 3. The Kier molecular flexibility index (Phi) is 6.74. The highest BCUT2D eigenvalue weighted by molar-refractivity contribution is 9.10. The largest absolute Gasteiger partial charge is 0.507 e. The van der Waals surface area contributed by atoms with E-state index in [2.05, 4.69) is 20.9 Å². The van der Waals surface area contributed by atoms with Gasteiger partial charge < -0.3 is 14.7 Å². The molecule has 1 aliphatic rings. The molecule has 1 saturated heterocycles. The van der Waals surface area contributed by atoms with Crippen LogP contribution in [-0.2, 0) is 16.1 Å². The number of nitrogens with zero attached hydrogens (tertiary/aromatic N) is 2. The van der Waals surface area contributed by atoms with Gasteiger partial charge in [-0.15, -0.1) is 0 Å². The lowest BCUT2D eigenvalue weighted by Crippen LogP contribution is -2.29. The van der Waals surface area contributed by atoms with Gasteiger partial charge in [0.25, 0.3) is 11.7 Å². The number of Topliss-reactive ketones (excluding diaryl/α,β-unsaturated/α-hetero) is 1. The van der Waals surface area contributed by atoms with Gasteiger partial charge in [-0.3, -0.25) is 14.6 Å². The van der Waals surface area contributed by atoms with Gasteiger partial charge in [0.2, 0.25) is 0 Å². The number of likely N-dealkylation sites (tertiary alicyclic amines) is 1. The van der Waals surface area contributed by atoms with Gasteiger partial charge in [0.1, 0.15) is 11.5 Å². The fourth-order valence-corrected chi connectivity index (χ4v) is 4.58. The van der Waals surface area contributed by atoms with E-state index >= 15 is 0 Å². The standard InChI is InChI=1S/C24H17BrCl2N2O4/c1-33-19-7-5-15(9-16(19)25)22(30)20-21(14-4-6-17(26)18(27)10-14)29(24(32)23(20)31)12-13-3-2-8-28-11-13/h2-11,21,30H,12H2,1H3/b22-20-. The van der Waals surface area contributed by atoms with E-state index in [4.69, 9.17) is 27.9 Å². The van der Waals surface area contributed by atoms with Gasteiger partial charge in [0, 0.05) is 24.5 Å². The number of ketones is 1. The highest BCUT2D eigenvalue weighted by Gasteiger charge is 2.46. The third kappa shape index (κ3) is 4.49. The number of aliphatic hydroxyl groups excluding tert-OH is 1. The van der Waals surface area contributed by atoms with Gasteiger partial charge >= 0.3 is 0 Å². The Hall–Kier alpha value is -2.87. The molecule has 1 atom stereocenters. The zero-order chi connectivity index (χ0) is 23.7. The summed E-state index contributed by atoms with van der Waals surface area (Å²) in [6, 6.07) is 12.4. The normalized spacial score (nSPS) is 17.5. The second-order valence-corrected chi connectivity index (χ2v) is 8.98. The number of ether oxygens (including phenoxy) is 1. The van der Waals surface area contributed by atoms with E-state index in [0.29, 0.717) is 26.4 Å². The highest BCUT2D eigenvalue weighted by atomic mass is 79.9. The molecule has 1 unspecified atom stereocenters. The van der Waals surface area contributed by atoms with Gasteiger partial charge in [-0.1, -0.05) is 35.3 Å². The number of carbonyl (C=O) groups is 2. The van der Waals surface area contributed by atoms with Crippen LogP contribution in [0.4, 0.5) is 0 Å². The molecule has 1 aromatic heterocycles. The molecular weight excluding hydrogens is 531 g/mol. The Balaban J connectivity index is 1.88. The highest BCUT2D eigenvalue weighted by Crippen LogP contribution is 2.42. The van der Waals surface area contributed by atoms with Crippen molar-refractivity contribution in [3.63, 3.8) is 0 Å². The van der Waals surface area contributed by atoms with E-state index < -0.39 is 17.7 Å². The second-order valence-electron chi connectivity index (χ2n) is 7.31. The number of pyridine rings is 1. The van der Waals surface area contributed by atoms with Crippen LogP contribution in [-0.4, -0.2) is 33.8 Å². The van der Waals surface area contributed by atoms with Gasteiger partial charge in [-0.05, 0) is 63.5 Å². The van der Waals surface area contributed by atoms with Gasteiger partial charge in [0.05, 0.1) is 33.2 Å². The van der Waals surface area contributed by atoms with Crippen molar-refractivity contribution in [3.8, 4) is 5.75 Å². The number of hydrogen-bond acceptors (Lipinski definition) is 5. The van der Waals surface area contributed by atoms with E-state index in [1.54, 1.807) is 60.9 Å². The van der Waals surface area contributed by atoms with Crippen molar-refractivity contribution in [1.29, 1.82) is 0 Å². The van der Waals surface area contributed by atoms with Gasteiger partial charge in [-0.25, -0.2) is 0 Å². The maximum Gasteiger partial charge on any atom is 0.295 e. The van der Waals surface area contributed by atoms with Crippen molar-refractivity contribution in [2.24, 2.45) is 0 Å². The molecule has 6 nitrogen and oxygen atoms in total. The summed E-state index contributed by atoms with van der Waals surface area (Å²) in [4.78, 5) is 31.7. The van der Waals surface area contributed by atoms with E-state index in [9.17, 15) is 14.7 Å². The first-order chi connectivity index (χ1) is 15.8. The van der Waals surface area contributed by atoms with Crippen molar-refractivity contribution < 1.29 is 19.4 Å². The van der Waals surface area contributed by atoms with Crippen LogP contribution in [0.1, 0.15) is 22.7 Å². The molecule has 168 valence electrons. The van der Waals surface area contributed by atoms with Crippen LogP contribution in [0.15, 0.2) is 71.0 Å². The summed E-state index contributed by atoms with van der Waals surface area (Å²) in [5.74, 6) is -1.27. The minimum atomic E-state index is -0.874. The molecule has 1 N–H and O–H groups in total. The van der Waals surface area contributed by atoms with Crippen molar-refractivity contribution in [3.05, 3.63) is 97.7 Å². The third-order valence-electron chi connectivity index (χ3n) is 5.30. The first-order valence-electron chi connectivity index (χ1n) is 9.78. The number of amides is 1. The minimum Gasteiger partial charge on any atom is -0.507 e. The molecule has 3 aromatic rings. The molecule has 0 spiro atoms. The second kappa shape index (κ2) is 9.55. The SMILES string of the molecule is COc1ccc(/C(O)=C2/C(=O)C(=O)N(Cc3cccnc3)C2c2ccc(Cl)c(Cl)c2)cc1Br. The maximum atomic E-state index is 13.1. The molecule has 2 aromatic carbocycles. The smallest absolute Gasteiger partial charge is 0.295 e. The number of benzene rings is 2. The molecular formula is C24H17BrCl2N2O4. The van der Waals surface area contributed by atoms with Crippen molar-refractivity contribution in [2.75, 3.05) is 7.11 Å². The molecule has 1 fully saturated rings. The first kappa shape index (κ1) is 23.3. The quantitative estimate of drug-likeness (QED) is 0.249. The molecule has 0 radical (unpaired) electrons. The van der Waals surface area contributed by atoms with Crippen molar-refractivity contribution in [2.45, 2.75) is 12.6 Å².